The fourth-order valence-electron chi connectivity index (χ4n) is 2.15. The molecule has 0 unspecified atom stereocenters. The van der Waals surface area contributed by atoms with Crippen LogP contribution in [0.15, 0.2) is 30.5 Å². The fourth-order valence-corrected chi connectivity index (χ4v) is 2.15. The Balaban J connectivity index is 2.15. The van der Waals surface area contributed by atoms with Gasteiger partial charge in [0.15, 0.2) is 0 Å². The highest BCUT2D eigenvalue weighted by atomic mass is 16.2. The number of carbonyl (C=O) groups is 1. The summed E-state index contributed by atoms with van der Waals surface area (Å²) in [5.41, 5.74) is 2.84. The first-order chi connectivity index (χ1) is 9.15. The Morgan fingerprint density at radius 1 is 1.32 bits per heavy atom. The first-order valence-electron chi connectivity index (χ1n) is 6.12. The zero-order valence-corrected chi connectivity index (χ0v) is 10.8. The van der Waals surface area contributed by atoms with Crippen molar-refractivity contribution >= 4 is 17.5 Å². The SMILES string of the molecule is Cc1cccc(N2C(=O)NCc3cnc(C)nc32)c1. The van der Waals surface area contributed by atoms with E-state index < -0.39 is 0 Å². The lowest BCUT2D eigenvalue weighted by Gasteiger charge is -2.28. The third kappa shape index (κ3) is 2.03. The summed E-state index contributed by atoms with van der Waals surface area (Å²) in [4.78, 5) is 22.3. The maximum absolute atomic E-state index is 12.1. The highest BCUT2D eigenvalue weighted by Crippen LogP contribution is 2.29. The number of rotatable bonds is 1. The van der Waals surface area contributed by atoms with E-state index in [0.29, 0.717) is 18.2 Å². The highest BCUT2D eigenvalue weighted by molar-refractivity contribution is 6.00. The van der Waals surface area contributed by atoms with Gasteiger partial charge in [0.1, 0.15) is 11.6 Å². The zero-order valence-electron chi connectivity index (χ0n) is 10.8. The van der Waals surface area contributed by atoms with Gasteiger partial charge < -0.3 is 5.32 Å². The average molecular weight is 254 g/mol. The van der Waals surface area contributed by atoms with Gasteiger partial charge in [0, 0.05) is 18.3 Å². The van der Waals surface area contributed by atoms with E-state index in [9.17, 15) is 4.79 Å². The van der Waals surface area contributed by atoms with Crippen LogP contribution >= 0.6 is 0 Å². The van der Waals surface area contributed by atoms with Gasteiger partial charge in [-0.25, -0.2) is 19.7 Å². The number of carbonyl (C=O) groups excluding carboxylic acids is 1. The smallest absolute Gasteiger partial charge is 0.327 e. The van der Waals surface area contributed by atoms with Gasteiger partial charge in [-0.2, -0.15) is 0 Å². The maximum Gasteiger partial charge on any atom is 0.327 e. The van der Waals surface area contributed by atoms with Crippen LogP contribution < -0.4 is 10.2 Å². The first kappa shape index (κ1) is 11.6. The van der Waals surface area contributed by atoms with E-state index in [2.05, 4.69) is 15.3 Å². The fraction of sp³-hybridized carbons (Fsp3) is 0.214. The molecule has 2 aromatic rings. The van der Waals surface area contributed by atoms with Crippen LogP contribution in [0, 0.1) is 13.8 Å². The topological polar surface area (TPSA) is 58.1 Å². The largest absolute Gasteiger partial charge is 0.333 e. The van der Waals surface area contributed by atoms with Crippen LogP contribution in [0.1, 0.15) is 17.0 Å². The number of fused-ring (bicyclic) bond motifs is 1. The predicted molar refractivity (Wildman–Crippen MR) is 72.3 cm³/mol. The number of aryl methyl sites for hydroxylation is 2. The van der Waals surface area contributed by atoms with Crippen molar-refractivity contribution in [2.24, 2.45) is 0 Å². The molecule has 0 spiro atoms. The number of urea groups is 1. The van der Waals surface area contributed by atoms with Gasteiger partial charge in [-0.15, -0.1) is 0 Å². The van der Waals surface area contributed by atoms with Crippen LogP contribution in [0.25, 0.3) is 0 Å². The molecule has 5 nitrogen and oxygen atoms in total. The summed E-state index contributed by atoms with van der Waals surface area (Å²) in [6, 6.07) is 7.64. The Hall–Kier alpha value is -2.43. The summed E-state index contributed by atoms with van der Waals surface area (Å²) in [7, 11) is 0. The summed E-state index contributed by atoms with van der Waals surface area (Å²) >= 11 is 0. The number of anilines is 2. The van der Waals surface area contributed by atoms with Gasteiger partial charge in [0.2, 0.25) is 0 Å². The Morgan fingerprint density at radius 3 is 2.95 bits per heavy atom. The van der Waals surface area contributed by atoms with Crippen LogP contribution in [-0.2, 0) is 6.54 Å². The minimum atomic E-state index is -0.156. The second-order valence-corrected chi connectivity index (χ2v) is 4.60. The second-order valence-electron chi connectivity index (χ2n) is 4.60. The molecule has 2 amide bonds. The number of amides is 2. The molecule has 1 aromatic carbocycles. The molecule has 3 rings (SSSR count). The van der Waals surface area contributed by atoms with Crippen molar-refractivity contribution in [3.8, 4) is 0 Å². The minimum absolute atomic E-state index is 0.156. The van der Waals surface area contributed by atoms with Crippen molar-refractivity contribution in [3.05, 3.63) is 47.4 Å². The molecule has 0 saturated carbocycles. The van der Waals surface area contributed by atoms with Crippen molar-refractivity contribution in [1.29, 1.82) is 0 Å². The van der Waals surface area contributed by atoms with Crippen LogP contribution in [0.4, 0.5) is 16.3 Å². The molecule has 2 heterocycles. The Morgan fingerprint density at radius 2 is 2.16 bits per heavy atom. The standard InChI is InChI=1S/C14H14N4O/c1-9-4-3-5-12(6-9)18-13-11(8-16-14(18)19)7-15-10(2)17-13/h3-7H,8H2,1-2H3,(H,16,19). The molecular weight excluding hydrogens is 240 g/mol. The molecule has 0 aliphatic carbocycles. The number of aromatic nitrogens is 2. The monoisotopic (exact) mass is 254 g/mol. The summed E-state index contributed by atoms with van der Waals surface area (Å²) in [6.45, 7) is 4.29. The number of benzene rings is 1. The number of nitrogens with one attached hydrogen (secondary N) is 1. The Bertz CT molecular complexity index is 654. The molecule has 1 aliphatic heterocycles. The lowest BCUT2D eigenvalue weighted by atomic mass is 10.1. The van der Waals surface area contributed by atoms with Gasteiger partial charge in [-0.05, 0) is 31.5 Å². The minimum Gasteiger partial charge on any atom is -0.333 e. The number of hydrogen-bond donors (Lipinski definition) is 1. The van der Waals surface area contributed by atoms with Gasteiger partial charge >= 0.3 is 6.03 Å². The van der Waals surface area contributed by atoms with Gasteiger partial charge in [-0.1, -0.05) is 12.1 Å². The van der Waals surface area contributed by atoms with Crippen LogP contribution in [0.5, 0.6) is 0 Å². The molecule has 19 heavy (non-hydrogen) atoms. The molecule has 5 heteroatoms. The number of hydrogen-bond acceptors (Lipinski definition) is 3. The Labute approximate surface area is 111 Å². The van der Waals surface area contributed by atoms with Crippen LogP contribution in [0.2, 0.25) is 0 Å². The van der Waals surface area contributed by atoms with Crippen LogP contribution in [0.3, 0.4) is 0 Å². The molecule has 0 saturated heterocycles. The molecule has 0 atom stereocenters. The van der Waals surface area contributed by atoms with Crippen molar-refractivity contribution in [2.45, 2.75) is 20.4 Å². The van der Waals surface area contributed by atoms with Gasteiger partial charge in [-0.3, -0.25) is 0 Å². The average Bonchev–Trinajstić information content (AvgIpc) is 2.38. The summed E-state index contributed by atoms with van der Waals surface area (Å²) in [6.07, 6.45) is 1.76. The van der Waals surface area contributed by atoms with E-state index in [-0.39, 0.29) is 6.03 Å². The molecule has 0 radical (unpaired) electrons. The maximum atomic E-state index is 12.1. The second kappa shape index (κ2) is 4.35. The third-order valence-electron chi connectivity index (χ3n) is 3.07. The predicted octanol–water partition coefficient (Wildman–Crippen LogP) is 2.45. The van der Waals surface area contributed by atoms with E-state index in [0.717, 1.165) is 16.8 Å². The molecule has 0 fully saturated rings. The lowest BCUT2D eigenvalue weighted by Crippen LogP contribution is -2.42. The summed E-state index contributed by atoms with van der Waals surface area (Å²) < 4.78 is 0. The van der Waals surface area contributed by atoms with E-state index in [1.54, 1.807) is 11.1 Å². The molecule has 1 N–H and O–H groups in total. The third-order valence-corrected chi connectivity index (χ3v) is 3.07. The van der Waals surface area contributed by atoms with E-state index in [1.165, 1.54) is 0 Å². The molecule has 0 bridgehead atoms. The van der Waals surface area contributed by atoms with Gasteiger partial charge in [0.05, 0.1) is 5.69 Å². The molecule has 1 aliphatic rings. The summed E-state index contributed by atoms with van der Waals surface area (Å²) in [5, 5.41) is 2.83. The van der Waals surface area contributed by atoms with E-state index >= 15 is 0 Å². The normalized spacial score (nSPS) is 14.0. The van der Waals surface area contributed by atoms with Crippen molar-refractivity contribution < 1.29 is 4.79 Å². The first-order valence-corrected chi connectivity index (χ1v) is 6.12. The zero-order chi connectivity index (χ0) is 13.4. The lowest BCUT2D eigenvalue weighted by molar-refractivity contribution is 0.246. The van der Waals surface area contributed by atoms with E-state index in [4.69, 9.17) is 0 Å². The highest BCUT2D eigenvalue weighted by Gasteiger charge is 2.27. The number of nitrogens with zero attached hydrogens (tertiary/aromatic N) is 3. The van der Waals surface area contributed by atoms with E-state index in [1.807, 2.05) is 38.1 Å². The quantitative estimate of drug-likeness (QED) is 0.850. The molecule has 96 valence electrons. The van der Waals surface area contributed by atoms with Crippen molar-refractivity contribution in [1.82, 2.24) is 15.3 Å². The molecular formula is C14H14N4O. The summed E-state index contributed by atoms with van der Waals surface area (Å²) in [5.74, 6) is 1.33. The van der Waals surface area contributed by atoms with Crippen molar-refractivity contribution in [3.63, 3.8) is 0 Å². The Kier molecular flexibility index (Phi) is 2.67. The van der Waals surface area contributed by atoms with Gasteiger partial charge in [0.25, 0.3) is 0 Å². The van der Waals surface area contributed by atoms with Crippen LogP contribution in [-0.4, -0.2) is 16.0 Å². The van der Waals surface area contributed by atoms with Crippen molar-refractivity contribution in [2.75, 3.05) is 4.90 Å². The molecule has 1 aromatic heterocycles.